The summed E-state index contributed by atoms with van der Waals surface area (Å²) in [5.74, 6) is 1.95. The largest absolute Gasteiger partial charge is 0.289 e. The molecular weight excluding hydrogens is 566 g/mol. The van der Waals surface area contributed by atoms with Crippen LogP contribution >= 0.6 is 0 Å². The first-order valence-electron chi connectivity index (χ1n) is 15.1. The van der Waals surface area contributed by atoms with Gasteiger partial charge in [0, 0.05) is 22.1 Å². The summed E-state index contributed by atoms with van der Waals surface area (Å²) in [4.78, 5) is 25.2. The molecule has 9 rings (SSSR count). The van der Waals surface area contributed by atoms with Gasteiger partial charge in [0.05, 0.1) is 46.0 Å². The molecule has 0 saturated carbocycles. The zero-order valence-corrected chi connectivity index (χ0v) is 24.6. The summed E-state index contributed by atoms with van der Waals surface area (Å²) in [6.45, 7) is 0. The predicted molar refractivity (Wildman–Crippen MR) is 182 cm³/mol. The van der Waals surface area contributed by atoms with E-state index in [4.69, 9.17) is 24.9 Å². The van der Waals surface area contributed by atoms with Gasteiger partial charge in [-0.2, -0.15) is 0 Å². The van der Waals surface area contributed by atoms with Crippen LogP contribution in [0, 0.1) is 0 Å². The summed E-state index contributed by atoms with van der Waals surface area (Å²) >= 11 is 0. The fourth-order valence-corrected chi connectivity index (χ4v) is 6.16. The Balaban J connectivity index is 1.29. The third-order valence-corrected chi connectivity index (χ3v) is 8.24. The van der Waals surface area contributed by atoms with E-state index < -0.39 is 0 Å². The highest BCUT2D eigenvalue weighted by atomic mass is 15.1. The van der Waals surface area contributed by atoms with E-state index in [2.05, 4.69) is 69.6 Å². The minimum Gasteiger partial charge on any atom is -0.289 e. The first-order valence-corrected chi connectivity index (χ1v) is 15.1. The maximum Gasteiger partial charge on any atom is 0.196 e. The van der Waals surface area contributed by atoms with Crippen LogP contribution < -0.4 is 0 Å². The molecule has 0 aliphatic rings. The molecule has 0 radical (unpaired) electrons. The zero-order chi connectivity index (χ0) is 30.5. The van der Waals surface area contributed by atoms with E-state index in [0.29, 0.717) is 11.6 Å². The van der Waals surface area contributed by atoms with Gasteiger partial charge < -0.3 is 0 Å². The highest BCUT2D eigenvalue weighted by Crippen LogP contribution is 2.38. The third-order valence-electron chi connectivity index (χ3n) is 8.24. The molecule has 0 N–H and O–H groups in total. The molecule has 0 aliphatic carbocycles. The molecule has 0 atom stereocenters. The normalized spacial score (nSPS) is 11.5. The van der Waals surface area contributed by atoms with Crippen LogP contribution in [0.15, 0.2) is 152 Å². The first kappa shape index (κ1) is 26.0. The highest BCUT2D eigenvalue weighted by molar-refractivity contribution is 5.98. The summed E-state index contributed by atoms with van der Waals surface area (Å²) in [6.07, 6.45) is 3.72. The fraction of sp³-hybridized carbons (Fsp3) is 0. The molecule has 0 fully saturated rings. The van der Waals surface area contributed by atoms with Gasteiger partial charge in [0.25, 0.3) is 0 Å². The number of aromatic nitrogens is 7. The molecule has 0 unspecified atom stereocenters. The van der Waals surface area contributed by atoms with Gasteiger partial charge in [0.2, 0.25) is 0 Å². The van der Waals surface area contributed by atoms with E-state index in [1.54, 1.807) is 0 Å². The van der Waals surface area contributed by atoms with E-state index in [1.165, 1.54) is 0 Å². The molecule has 0 saturated heterocycles. The van der Waals surface area contributed by atoms with Crippen LogP contribution in [0.5, 0.6) is 0 Å². The number of imidazole rings is 2. The number of fused-ring (bicyclic) bond motifs is 5. The lowest BCUT2D eigenvalue weighted by Gasteiger charge is -2.14. The third kappa shape index (κ3) is 4.17. The van der Waals surface area contributed by atoms with Crippen LogP contribution in [0.3, 0.4) is 0 Å². The quantitative estimate of drug-likeness (QED) is 0.200. The first-order chi connectivity index (χ1) is 22.8. The number of hydrogen-bond donors (Lipinski definition) is 0. The SMILES string of the molecule is c1ccc(-c2nc(-c3ccccc3)n(-c3cnc(-c4nc5ccccc5c5nc6ccccc6n45)nc3)c2-c2ccccc2)cc1. The highest BCUT2D eigenvalue weighted by Gasteiger charge is 2.23. The van der Waals surface area contributed by atoms with Crippen LogP contribution in [-0.2, 0) is 0 Å². The van der Waals surface area contributed by atoms with Gasteiger partial charge in [-0.1, -0.05) is 115 Å². The molecule has 4 heterocycles. The average molecular weight is 592 g/mol. The van der Waals surface area contributed by atoms with Gasteiger partial charge in [0.1, 0.15) is 11.5 Å². The Bertz CT molecular complexity index is 2500. The summed E-state index contributed by atoms with van der Waals surface area (Å²) in [5.41, 5.74) is 9.24. The summed E-state index contributed by atoms with van der Waals surface area (Å²) in [6, 6.07) is 47.0. The van der Waals surface area contributed by atoms with Crippen molar-refractivity contribution in [2.24, 2.45) is 0 Å². The Morgan fingerprint density at radius 1 is 0.457 bits per heavy atom. The molecule has 7 heteroatoms. The number of hydrogen-bond acceptors (Lipinski definition) is 5. The van der Waals surface area contributed by atoms with Crippen LogP contribution in [0.25, 0.3) is 78.8 Å². The Morgan fingerprint density at radius 3 is 1.76 bits per heavy atom. The van der Waals surface area contributed by atoms with Gasteiger partial charge in [-0.15, -0.1) is 0 Å². The van der Waals surface area contributed by atoms with E-state index in [9.17, 15) is 0 Å². The summed E-state index contributed by atoms with van der Waals surface area (Å²) < 4.78 is 4.22. The van der Waals surface area contributed by atoms with Crippen molar-refractivity contribution in [1.82, 2.24) is 33.9 Å². The molecular formula is C39H25N7. The smallest absolute Gasteiger partial charge is 0.196 e. The maximum atomic E-state index is 5.27. The Labute approximate surface area is 264 Å². The van der Waals surface area contributed by atoms with Crippen molar-refractivity contribution in [2.75, 3.05) is 0 Å². The Kier molecular flexibility index (Phi) is 5.99. The molecule has 4 aromatic heterocycles. The number of rotatable bonds is 5. The summed E-state index contributed by atoms with van der Waals surface area (Å²) in [5, 5.41) is 0.978. The Morgan fingerprint density at radius 2 is 1.04 bits per heavy atom. The van der Waals surface area contributed by atoms with Crippen molar-refractivity contribution in [1.29, 1.82) is 0 Å². The van der Waals surface area contributed by atoms with Gasteiger partial charge >= 0.3 is 0 Å². The van der Waals surface area contributed by atoms with Crippen molar-refractivity contribution >= 4 is 27.6 Å². The van der Waals surface area contributed by atoms with Gasteiger partial charge in [0.15, 0.2) is 11.6 Å². The lowest BCUT2D eigenvalue weighted by atomic mass is 10.0. The monoisotopic (exact) mass is 591 g/mol. The second kappa shape index (κ2) is 10.6. The van der Waals surface area contributed by atoms with Gasteiger partial charge in [-0.05, 0) is 24.3 Å². The lowest BCUT2D eigenvalue weighted by Crippen LogP contribution is -2.05. The van der Waals surface area contributed by atoms with Crippen LogP contribution in [0.4, 0.5) is 0 Å². The van der Waals surface area contributed by atoms with E-state index >= 15 is 0 Å². The molecule has 0 spiro atoms. The molecule has 0 bridgehead atoms. The minimum absolute atomic E-state index is 0.508. The van der Waals surface area contributed by atoms with E-state index in [1.807, 2.05) is 91.3 Å². The lowest BCUT2D eigenvalue weighted by molar-refractivity contribution is 1.01. The zero-order valence-electron chi connectivity index (χ0n) is 24.6. The number of nitrogens with zero attached hydrogens (tertiary/aromatic N) is 7. The van der Waals surface area contributed by atoms with Crippen LogP contribution in [-0.4, -0.2) is 33.9 Å². The number of para-hydroxylation sites is 3. The molecule has 5 aromatic carbocycles. The molecule has 0 aliphatic heterocycles. The molecule has 9 aromatic rings. The van der Waals surface area contributed by atoms with Gasteiger partial charge in [-0.3, -0.25) is 8.97 Å². The molecule has 0 amide bonds. The van der Waals surface area contributed by atoms with Crippen LogP contribution in [0.1, 0.15) is 0 Å². The van der Waals surface area contributed by atoms with Crippen molar-refractivity contribution in [2.45, 2.75) is 0 Å². The topological polar surface area (TPSA) is 73.8 Å². The Hall–Kier alpha value is -6.47. The molecule has 46 heavy (non-hydrogen) atoms. The second-order valence-corrected chi connectivity index (χ2v) is 11.0. The van der Waals surface area contributed by atoms with E-state index in [-0.39, 0.29) is 0 Å². The molecule has 216 valence electrons. The predicted octanol–water partition coefficient (Wildman–Crippen LogP) is 8.68. The summed E-state index contributed by atoms with van der Waals surface area (Å²) in [7, 11) is 0. The maximum absolute atomic E-state index is 5.27. The van der Waals surface area contributed by atoms with Crippen molar-refractivity contribution in [3.05, 3.63) is 152 Å². The van der Waals surface area contributed by atoms with Crippen LogP contribution in [0.2, 0.25) is 0 Å². The average Bonchev–Trinajstić information content (AvgIpc) is 3.73. The minimum atomic E-state index is 0.508. The molecule has 7 nitrogen and oxygen atoms in total. The van der Waals surface area contributed by atoms with Crippen molar-refractivity contribution < 1.29 is 0 Å². The number of benzene rings is 5. The fourth-order valence-electron chi connectivity index (χ4n) is 6.16. The van der Waals surface area contributed by atoms with Crippen molar-refractivity contribution in [3.63, 3.8) is 0 Å². The van der Waals surface area contributed by atoms with Crippen molar-refractivity contribution in [3.8, 4) is 51.2 Å². The standard InChI is InChI=1S/C39H25N7/c1-4-14-26(15-5-1)34-35(27-16-6-2-7-17-27)45(37(44-34)28-18-8-3-9-19-28)29-24-40-36(41-25-29)39-42-31-21-11-10-20-30(31)38-43-32-22-12-13-23-33(32)46(38)39/h1-25H. The van der Waals surface area contributed by atoms with E-state index in [0.717, 1.165) is 67.2 Å². The van der Waals surface area contributed by atoms with Gasteiger partial charge in [-0.25, -0.2) is 24.9 Å². The second-order valence-electron chi connectivity index (χ2n) is 11.0.